The van der Waals surface area contributed by atoms with Crippen molar-refractivity contribution in [2.24, 2.45) is 5.92 Å². The Labute approximate surface area is 320 Å². The summed E-state index contributed by atoms with van der Waals surface area (Å²) < 4.78 is 0. The van der Waals surface area contributed by atoms with E-state index in [4.69, 9.17) is 0 Å². The molecule has 1 aliphatic rings. The number of hydrogen-bond donors (Lipinski definition) is 0. The molecule has 0 saturated carbocycles. The molecule has 1 atom stereocenters. The molecule has 0 saturated heterocycles. The third kappa shape index (κ3) is 6.89. The van der Waals surface area contributed by atoms with Crippen molar-refractivity contribution in [3.8, 4) is 44.5 Å². The number of allylic oxidation sites excluding steroid dienone is 5. The lowest BCUT2D eigenvalue weighted by Gasteiger charge is -2.27. The van der Waals surface area contributed by atoms with Gasteiger partial charge in [0.2, 0.25) is 0 Å². The van der Waals surface area contributed by atoms with Crippen LogP contribution in [0, 0.1) is 12.8 Å². The maximum atomic E-state index is 2.42. The van der Waals surface area contributed by atoms with E-state index < -0.39 is 0 Å². The lowest BCUT2D eigenvalue weighted by Crippen LogP contribution is -2.10. The van der Waals surface area contributed by atoms with Crippen molar-refractivity contribution in [3.05, 3.63) is 211 Å². The van der Waals surface area contributed by atoms with Crippen LogP contribution in [0.2, 0.25) is 0 Å². The van der Waals surface area contributed by atoms with Crippen molar-refractivity contribution < 1.29 is 0 Å². The van der Waals surface area contributed by atoms with Crippen LogP contribution < -0.4 is 4.90 Å². The molecule has 1 nitrogen and oxygen atoms in total. The fourth-order valence-electron chi connectivity index (χ4n) is 7.58. The van der Waals surface area contributed by atoms with E-state index in [2.05, 4.69) is 226 Å². The number of para-hydroxylation sites is 2. The molecule has 0 N–H and O–H groups in total. The molecule has 0 fully saturated rings. The van der Waals surface area contributed by atoms with Gasteiger partial charge in [0, 0.05) is 16.8 Å². The van der Waals surface area contributed by atoms with Crippen molar-refractivity contribution in [2.45, 2.75) is 27.2 Å². The SMILES string of the molecule is CCC(C)/C=C/C=C(\C=C/c1ccccc1-c1ccccc1-c1ccccc1C)c1ccc(N2c3ccccc3-c3ccccc3-c3ccccc32)cc1. The lowest BCUT2D eigenvalue weighted by atomic mass is 9.90. The normalized spacial score (nSPS) is 13.0. The molecule has 7 aromatic rings. The van der Waals surface area contributed by atoms with Crippen LogP contribution in [0.4, 0.5) is 17.1 Å². The lowest BCUT2D eigenvalue weighted by molar-refractivity contribution is 0.698. The molecule has 1 aliphatic heterocycles. The smallest absolute Gasteiger partial charge is 0.0540 e. The van der Waals surface area contributed by atoms with Crippen LogP contribution in [0.5, 0.6) is 0 Å². The molecule has 0 amide bonds. The predicted octanol–water partition coefficient (Wildman–Crippen LogP) is 15.1. The number of nitrogens with zero attached hydrogens (tertiary/aromatic N) is 1. The summed E-state index contributed by atoms with van der Waals surface area (Å²) in [7, 11) is 0. The summed E-state index contributed by atoms with van der Waals surface area (Å²) in [6.07, 6.45) is 12.4. The van der Waals surface area contributed by atoms with Gasteiger partial charge in [-0.15, -0.1) is 0 Å². The second kappa shape index (κ2) is 15.7. The van der Waals surface area contributed by atoms with Crippen molar-refractivity contribution in [1.82, 2.24) is 0 Å². The molecule has 0 bridgehead atoms. The standard InChI is InChI=1S/C53H45N/c1-4-38(2)18-17-21-40(32-33-42-20-6-8-23-45(42)47-25-10-9-24-46(47)44-22-7-5-19-39(44)3)41-34-36-43(37-35-41)54-52-30-15-13-28-50(52)48-26-11-12-27-49(48)51-29-14-16-31-53(51)54/h5-38H,4H2,1-3H3/b18-17+,33-32-,40-21+. The van der Waals surface area contributed by atoms with E-state index >= 15 is 0 Å². The van der Waals surface area contributed by atoms with Gasteiger partial charge >= 0.3 is 0 Å². The van der Waals surface area contributed by atoms with Gasteiger partial charge in [-0.05, 0) is 92.8 Å². The summed E-state index contributed by atoms with van der Waals surface area (Å²) in [6, 6.07) is 61.5. The maximum absolute atomic E-state index is 2.42. The minimum Gasteiger partial charge on any atom is -0.309 e. The van der Waals surface area contributed by atoms with Crippen LogP contribution in [-0.2, 0) is 0 Å². The van der Waals surface area contributed by atoms with E-state index in [1.54, 1.807) is 0 Å². The number of benzene rings is 7. The molecule has 0 aromatic heterocycles. The summed E-state index contributed by atoms with van der Waals surface area (Å²) in [5, 5.41) is 0. The van der Waals surface area contributed by atoms with Gasteiger partial charge < -0.3 is 4.90 Å². The molecular formula is C53H45N. The third-order valence-corrected chi connectivity index (χ3v) is 10.7. The van der Waals surface area contributed by atoms with Crippen molar-refractivity contribution in [3.63, 3.8) is 0 Å². The Bertz CT molecular complexity index is 2440. The first-order valence-electron chi connectivity index (χ1n) is 19.1. The Hall–Kier alpha value is -6.44. The molecule has 1 unspecified atom stereocenters. The molecule has 7 aromatic carbocycles. The highest BCUT2D eigenvalue weighted by Crippen LogP contribution is 2.50. The maximum Gasteiger partial charge on any atom is 0.0540 e. The van der Waals surface area contributed by atoms with Gasteiger partial charge in [-0.2, -0.15) is 0 Å². The Kier molecular flexibility index (Phi) is 10.0. The number of fused-ring (bicyclic) bond motifs is 5. The second-order valence-corrected chi connectivity index (χ2v) is 14.1. The number of rotatable bonds is 9. The predicted molar refractivity (Wildman–Crippen MR) is 233 cm³/mol. The highest BCUT2D eigenvalue weighted by Gasteiger charge is 2.25. The topological polar surface area (TPSA) is 3.24 Å². The zero-order chi connectivity index (χ0) is 36.9. The Morgan fingerprint density at radius 2 is 0.981 bits per heavy atom. The summed E-state index contributed by atoms with van der Waals surface area (Å²) in [5.41, 5.74) is 18.2. The molecular weight excluding hydrogens is 651 g/mol. The van der Waals surface area contributed by atoms with Crippen molar-refractivity contribution in [1.29, 1.82) is 0 Å². The second-order valence-electron chi connectivity index (χ2n) is 14.1. The summed E-state index contributed by atoms with van der Waals surface area (Å²) >= 11 is 0. The number of hydrogen-bond acceptors (Lipinski definition) is 1. The molecule has 8 rings (SSSR count). The van der Waals surface area contributed by atoms with Crippen LogP contribution in [0.25, 0.3) is 56.2 Å². The highest BCUT2D eigenvalue weighted by atomic mass is 15.1. The van der Waals surface area contributed by atoms with E-state index in [9.17, 15) is 0 Å². The largest absolute Gasteiger partial charge is 0.309 e. The fraction of sp³-hybridized carbons (Fsp3) is 0.0943. The first kappa shape index (κ1) is 34.6. The number of aryl methyl sites for hydroxylation is 1. The average Bonchev–Trinajstić information content (AvgIpc) is 3.35. The van der Waals surface area contributed by atoms with Gasteiger partial charge in [0.15, 0.2) is 0 Å². The quantitative estimate of drug-likeness (QED) is 0.136. The van der Waals surface area contributed by atoms with Crippen molar-refractivity contribution in [2.75, 3.05) is 4.90 Å². The van der Waals surface area contributed by atoms with Gasteiger partial charge in [0.05, 0.1) is 11.4 Å². The summed E-state index contributed by atoms with van der Waals surface area (Å²) in [6.45, 7) is 6.70. The number of anilines is 3. The van der Waals surface area contributed by atoms with Gasteiger partial charge in [0.1, 0.15) is 0 Å². The highest BCUT2D eigenvalue weighted by molar-refractivity contribution is 6.02. The minimum absolute atomic E-state index is 0.514. The molecule has 1 heteroatoms. The van der Waals surface area contributed by atoms with Crippen molar-refractivity contribution >= 4 is 28.7 Å². The molecule has 262 valence electrons. The molecule has 0 aliphatic carbocycles. The van der Waals surface area contributed by atoms with Gasteiger partial charge in [-0.1, -0.05) is 196 Å². The van der Waals surface area contributed by atoms with E-state index in [1.165, 1.54) is 72.6 Å². The van der Waals surface area contributed by atoms with E-state index in [0.29, 0.717) is 5.92 Å². The van der Waals surface area contributed by atoms with Gasteiger partial charge in [-0.3, -0.25) is 0 Å². The van der Waals surface area contributed by atoms with Crippen LogP contribution >= 0.6 is 0 Å². The minimum atomic E-state index is 0.514. The van der Waals surface area contributed by atoms with Gasteiger partial charge in [0.25, 0.3) is 0 Å². The van der Waals surface area contributed by atoms with Gasteiger partial charge in [-0.25, -0.2) is 0 Å². The van der Waals surface area contributed by atoms with Crippen LogP contribution in [0.3, 0.4) is 0 Å². The summed E-state index contributed by atoms with van der Waals surface area (Å²) in [5.74, 6) is 0.514. The summed E-state index contributed by atoms with van der Waals surface area (Å²) in [4.78, 5) is 2.42. The first-order chi connectivity index (χ1) is 26.6. The van der Waals surface area contributed by atoms with E-state index in [0.717, 1.165) is 17.7 Å². The van der Waals surface area contributed by atoms with Crippen LogP contribution in [0.15, 0.2) is 194 Å². The first-order valence-corrected chi connectivity index (χ1v) is 19.1. The third-order valence-electron chi connectivity index (χ3n) is 10.7. The zero-order valence-corrected chi connectivity index (χ0v) is 31.3. The zero-order valence-electron chi connectivity index (χ0n) is 31.3. The van der Waals surface area contributed by atoms with Crippen LogP contribution in [-0.4, -0.2) is 0 Å². The van der Waals surface area contributed by atoms with E-state index in [1.807, 2.05) is 0 Å². The molecule has 0 radical (unpaired) electrons. The Balaban J connectivity index is 1.19. The average molecular weight is 696 g/mol. The fourth-order valence-corrected chi connectivity index (χ4v) is 7.58. The Morgan fingerprint density at radius 1 is 0.519 bits per heavy atom. The Morgan fingerprint density at radius 3 is 1.56 bits per heavy atom. The van der Waals surface area contributed by atoms with Crippen LogP contribution in [0.1, 0.15) is 37.0 Å². The molecule has 1 heterocycles. The molecule has 54 heavy (non-hydrogen) atoms. The molecule has 0 spiro atoms. The monoisotopic (exact) mass is 695 g/mol. The van der Waals surface area contributed by atoms with E-state index in [-0.39, 0.29) is 0 Å².